The number of aromatic nitrogens is 1. The summed E-state index contributed by atoms with van der Waals surface area (Å²) >= 11 is 0. The van der Waals surface area contributed by atoms with Crippen molar-refractivity contribution in [1.29, 1.82) is 0 Å². The van der Waals surface area contributed by atoms with Gasteiger partial charge >= 0.3 is 0 Å². The number of para-hydroxylation sites is 1. The molecule has 0 saturated heterocycles. The van der Waals surface area contributed by atoms with E-state index in [9.17, 15) is 5.11 Å². The average Bonchev–Trinajstić information content (AvgIpc) is 3.07. The molecule has 1 atom stereocenters. The van der Waals surface area contributed by atoms with Crippen molar-refractivity contribution in [3.05, 3.63) is 41.5 Å². The largest absolute Gasteiger partial charge is 0.493 e. The van der Waals surface area contributed by atoms with E-state index in [1.54, 1.807) is 21.3 Å². The molecule has 24 heavy (non-hydrogen) atoms. The molecule has 4 rings (SSSR count). The zero-order chi connectivity index (χ0) is 17.0. The molecule has 5 nitrogen and oxygen atoms in total. The van der Waals surface area contributed by atoms with Crippen LogP contribution in [-0.4, -0.2) is 31.0 Å². The van der Waals surface area contributed by atoms with Crippen molar-refractivity contribution in [1.82, 2.24) is 4.57 Å². The quantitative estimate of drug-likeness (QED) is 0.803. The molecule has 1 aromatic heterocycles. The van der Waals surface area contributed by atoms with E-state index in [0.717, 1.165) is 33.3 Å². The van der Waals surface area contributed by atoms with Crippen molar-refractivity contribution in [3.63, 3.8) is 0 Å². The highest BCUT2D eigenvalue weighted by Crippen LogP contribution is 2.56. The summed E-state index contributed by atoms with van der Waals surface area (Å²) in [6, 6.07) is 9.89. The second-order valence-corrected chi connectivity index (χ2v) is 5.85. The van der Waals surface area contributed by atoms with Crippen LogP contribution in [0.1, 0.15) is 17.2 Å². The molecule has 124 valence electrons. The van der Waals surface area contributed by atoms with Gasteiger partial charge < -0.3 is 23.9 Å². The van der Waals surface area contributed by atoms with E-state index in [1.165, 1.54) is 0 Å². The predicted molar refractivity (Wildman–Crippen MR) is 92.1 cm³/mol. The molecule has 0 bridgehead atoms. The lowest BCUT2D eigenvalue weighted by atomic mass is 10.0. The van der Waals surface area contributed by atoms with E-state index in [2.05, 4.69) is 4.57 Å². The summed E-state index contributed by atoms with van der Waals surface area (Å²) in [4.78, 5) is 0. The van der Waals surface area contributed by atoms with Gasteiger partial charge in [-0.25, -0.2) is 0 Å². The van der Waals surface area contributed by atoms with Gasteiger partial charge in [-0.05, 0) is 12.1 Å². The molecule has 0 saturated carbocycles. The number of rotatable bonds is 3. The Balaban J connectivity index is 2.15. The maximum Gasteiger partial charge on any atom is 0.204 e. The van der Waals surface area contributed by atoms with Crippen molar-refractivity contribution in [3.8, 4) is 28.5 Å². The van der Waals surface area contributed by atoms with Crippen LogP contribution in [0.15, 0.2) is 30.3 Å². The van der Waals surface area contributed by atoms with E-state index in [1.807, 2.05) is 37.4 Å². The van der Waals surface area contributed by atoms with Crippen molar-refractivity contribution >= 4 is 10.9 Å². The molecule has 1 N–H and O–H groups in total. The number of aliphatic hydroxyl groups is 1. The van der Waals surface area contributed by atoms with Crippen LogP contribution in [0.4, 0.5) is 0 Å². The van der Waals surface area contributed by atoms with Crippen molar-refractivity contribution in [2.45, 2.75) is 6.10 Å². The highest BCUT2D eigenvalue weighted by atomic mass is 16.5. The maximum absolute atomic E-state index is 11.0. The zero-order valence-electron chi connectivity index (χ0n) is 14.1. The third-order valence-corrected chi connectivity index (χ3v) is 4.81. The Hall–Kier alpha value is -2.66. The molecular weight excluding hydrogens is 306 g/mol. The SMILES string of the molecule is COc1cc2c(c(OC)c1OC)-c1c(c3ccccc3n1C)C2O. The fraction of sp³-hybridized carbons (Fsp3) is 0.263. The van der Waals surface area contributed by atoms with Gasteiger partial charge in [-0.15, -0.1) is 0 Å². The number of hydrogen-bond donors (Lipinski definition) is 1. The van der Waals surface area contributed by atoms with Crippen molar-refractivity contribution < 1.29 is 19.3 Å². The lowest BCUT2D eigenvalue weighted by molar-refractivity contribution is 0.225. The van der Waals surface area contributed by atoms with Gasteiger partial charge in [0.15, 0.2) is 11.5 Å². The lowest BCUT2D eigenvalue weighted by Gasteiger charge is -2.17. The molecule has 0 amide bonds. The first kappa shape index (κ1) is 14.9. The maximum atomic E-state index is 11.0. The molecule has 3 aromatic rings. The molecule has 1 heterocycles. The van der Waals surface area contributed by atoms with Crippen molar-refractivity contribution in [2.24, 2.45) is 7.05 Å². The molecule has 0 fully saturated rings. The van der Waals surface area contributed by atoms with E-state index >= 15 is 0 Å². The Bertz CT molecular complexity index is 958. The zero-order valence-corrected chi connectivity index (χ0v) is 14.1. The third-order valence-electron chi connectivity index (χ3n) is 4.81. The van der Waals surface area contributed by atoms with E-state index in [-0.39, 0.29) is 0 Å². The minimum atomic E-state index is -0.727. The number of ether oxygens (including phenoxy) is 3. The Kier molecular flexibility index (Phi) is 3.21. The van der Waals surface area contributed by atoms with Gasteiger partial charge in [0, 0.05) is 29.1 Å². The summed E-state index contributed by atoms with van der Waals surface area (Å²) in [6.45, 7) is 0. The molecular formula is C19H19NO4. The van der Waals surface area contributed by atoms with Crippen molar-refractivity contribution in [2.75, 3.05) is 21.3 Å². The van der Waals surface area contributed by atoms with Gasteiger partial charge in [0.2, 0.25) is 5.75 Å². The molecule has 0 aliphatic heterocycles. The van der Waals surface area contributed by atoms with Gasteiger partial charge in [-0.3, -0.25) is 0 Å². The minimum absolute atomic E-state index is 0.532. The van der Waals surface area contributed by atoms with Crippen LogP contribution in [-0.2, 0) is 7.05 Å². The standard InChI is InChI=1S/C19H19NO4/c1-20-12-8-6-5-7-10(12)14-16(20)15-11(17(14)21)9-13(22-2)18(23-3)19(15)24-4/h5-9,17,21H,1-4H3. The van der Waals surface area contributed by atoms with Gasteiger partial charge in [0.25, 0.3) is 0 Å². The first-order valence-corrected chi connectivity index (χ1v) is 7.72. The number of hydrogen-bond acceptors (Lipinski definition) is 4. The molecule has 1 aliphatic rings. The van der Waals surface area contributed by atoms with Crippen LogP contribution in [0.3, 0.4) is 0 Å². The average molecular weight is 325 g/mol. The smallest absolute Gasteiger partial charge is 0.204 e. The van der Waals surface area contributed by atoms with E-state index < -0.39 is 6.10 Å². The fourth-order valence-electron chi connectivity index (χ4n) is 3.79. The van der Waals surface area contributed by atoms with Crippen LogP contribution in [0, 0.1) is 0 Å². The number of methoxy groups -OCH3 is 3. The number of fused-ring (bicyclic) bond motifs is 5. The topological polar surface area (TPSA) is 52.9 Å². The number of benzene rings is 2. The normalized spacial score (nSPS) is 15.3. The summed E-state index contributed by atoms with van der Waals surface area (Å²) in [6.07, 6.45) is -0.727. The Morgan fingerprint density at radius 1 is 1.00 bits per heavy atom. The summed E-state index contributed by atoms with van der Waals surface area (Å²) in [7, 11) is 6.76. The number of nitrogens with zero attached hydrogens (tertiary/aromatic N) is 1. The summed E-state index contributed by atoms with van der Waals surface area (Å²) in [5.74, 6) is 1.66. The third kappa shape index (κ3) is 1.67. The summed E-state index contributed by atoms with van der Waals surface area (Å²) in [5.41, 5.74) is 4.56. The molecule has 5 heteroatoms. The Labute approximate surface area is 140 Å². The lowest BCUT2D eigenvalue weighted by Crippen LogP contribution is -2.01. The first-order chi connectivity index (χ1) is 11.6. The number of aryl methyl sites for hydroxylation is 1. The second kappa shape index (κ2) is 5.18. The van der Waals surface area contributed by atoms with Crippen LogP contribution >= 0.6 is 0 Å². The highest BCUT2D eigenvalue weighted by molar-refractivity contribution is 5.98. The van der Waals surface area contributed by atoms with Crippen LogP contribution < -0.4 is 14.2 Å². The second-order valence-electron chi connectivity index (χ2n) is 5.85. The van der Waals surface area contributed by atoms with Gasteiger partial charge in [-0.1, -0.05) is 18.2 Å². The molecule has 2 aromatic carbocycles. The summed E-state index contributed by atoms with van der Waals surface area (Å²) in [5, 5.41) is 12.0. The first-order valence-electron chi connectivity index (χ1n) is 7.72. The van der Waals surface area contributed by atoms with E-state index in [4.69, 9.17) is 14.2 Å². The monoisotopic (exact) mass is 325 g/mol. The molecule has 1 aliphatic carbocycles. The minimum Gasteiger partial charge on any atom is -0.493 e. The molecule has 1 unspecified atom stereocenters. The van der Waals surface area contributed by atoms with Crippen LogP contribution in [0.25, 0.3) is 22.2 Å². The Morgan fingerprint density at radius 3 is 2.38 bits per heavy atom. The number of aliphatic hydroxyl groups excluding tert-OH is 1. The van der Waals surface area contributed by atoms with Gasteiger partial charge in [0.1, 0.15) is 6.10 Å². The summed E-state index contributed by atoms with van der Waals surface area (Å²) < 4.78 is 18.7. The molecule has 0 radical (unpaired) electrons. The fourth-order valence-corrected chi connectivity index (χ4v) is 3.79. The molecule has 0 spiro atoms. The van der Waals surface area contributed by atoms with E-state index in [0.29, 0.717) is 17.2 Å². The Morgan fingerprint density at radius 2 is 1.71 bits per heavy atom. The van der Waals surface area contributed by atoms with Gasteiger partial charge in [-0.2, -0.15) is 0 Å². The predicted octanol–water partition coefficient (Wildman–Crippen LogP) is 3.27. The van der Waals surface area contributed by atoms with Crippen LogP contribution in [0.2, 0.25) is 0 Å². The van der Waals surface area contributed by atoms with Gasteiger partial charge in [0.05, 0.1) is 32.6 Å². The van der Waals surface area contributed by atoms with Crippen LogP contribution in [0.5, 0.6) is 17.2 Å². The highest BCUT2D eigenvalue weighted by Gasteiger charge is 2.37.